The van der Waals surface area contributed by atoms with Crippen molar-refractivity contribution in [1.82, 2.24) is 15.1 Å². The van der Waals surface area contributed by atoms with Crippen molar-refractivity contribution in [1.29, 1.82) is 0 Å². The summed E-state index contributed by atoms with van der Waals surface area (Å²) < 4.78 is 7.40. The summed E-state index contributed by atoms with van der Waals surface area (Å²) in [6.07, 6.45) is 10.6. The molecule has 3 unspecified atom stereocenters. The van der Waals surface area contributed by atoms with Crippen molar-refractivity contribution in [3.05, 3.63) is 40.9 Å². The monoisotopic (exact) mass is 600 g/mol. The van der Waals surface area contributed by atoms with E-state index in [0.717, 1.165) is 56.1 Å². The zero-order chi connectivity index (χ0) is 27.6. The first-order valence-corrected chi connectivity index (χ1v) is 15.4. The summed E-state index contributed by atoms with van der Waals surface area (Å²) in [5.41, 5.74) is -0.463. The van der Waals surface area contributed by atoms with E-state index in [9.17, 15) is 14.4 Å². The maximum absolute atomic E-state index is 14.1. The quantitative estimate of drug-likeness (QED) is 0.373. The molecule has 5 rings (SSSR count). The van der Waals surface area contributed by atoms with Crippen LogP contribution in [0.4, 0.5) is 5.69 Å². The normalized spacial score (nSPS) is 29.7. The molecule has 0 radical (unpaired) electrons. The smallest absolute Gasteiger partial charge is 0.246 e. The summed E-state index contributed by atoms with van der Waals surface area (Å²) in [5.74, 6) is -1.98. The van der Waals surface area contributed by atoms with Gasteiger partial charge in [0.15, 0.2) is 0 Å². The molecular formula is C30H41BrN4O4. The predicted molar refractivity (Wildman–Crippen MR) is 154 cm³/mol. The number of ether oxygens (including phenoxy) is 1. The third kappa shape index (κ3) is 5.55. The van der Waals surface area contributed by atoms with Crippen LogP contribution in [0.15, 0.2) is 40.9 Å². The molecule has 3 aliphatic heterocycles. The molecule has 1 aromatic rings. The zero-order valence-corrected chi connectivity index (χ0v) is 24.6. The van der Waals surface area contributed by atoms with Crippen LogP contribution in [0.1, 0.15) is 58.8 Å². The Morgan fingerprint density at radius 2 is 1.74 bits per heavy atom. The molecule has 5 atom stereocenters. The van der Waals surface area contributed by atoms with Crippen LogP contribution in [0.2, 0.25) is 0 Å². The minimum atomic E-state index is -1.12. The van der Waals surface area contributed by atoms with Gasteiger partial charge in [0.05, 0.1) is 17.9 Å². The van der Waals surface area contributed by atoms with Crippen molar-refractivity contribution in [2.75, 3.05) is 31.5 Å². The van der Waals surface area contributed by atoms with E-state index in [2.05, 4.69) is 45.3 Å². The fourth-order valence-electron chi connectivity index (χ4n) is 7.01. The molecule has 1 aliphatic carbocycles. The van der Waals surface area contributed by atoms with Crippen LogP contribution in [0.3, 0.4) is 0 Å². The van der Waals surface area contributed by atoms with Gasteiger partial charge in [-0.3, -0.25) is 14.4 Å². The Kier molecular flexibility index (Phi) is 8.79. The molecule has 2 bridgehead atoms. The molecule has 1 aromatic carbocycles. The van der Waals surface area contributed by atoms with E-state index in [-0.39, 0.29) is 23.8 Å². The molecule has 3 heterocycles. The lowest BCUT2D eigenvalue weighted by atomic mass is 9.74. The van der Waals surface area contributed by atoms with Gasteiger partial charge in [0.2, 0.25) is 17.7 Å². The fraction of sp³-hybridized carbons (Fsp3) is 0.633. The first kappa shape index (κ1) is 28.3. The van der Waals surface area contributed by atoms with Crippen LogP contribution in [0.25, 0.3) is 0 Å². The number of halogens is 1. The molecule has 8 nitrogen and oxygen atoms in total. The van der Waals surface area contributed by atoms with Crippen molar-refractivity contribution in [3.8, 4) is 0 Å². The molecule has 9 heteroatoms. The molecule has 4 aliphatic rings. The van der Waals surface area contributed by atoms with E-state index >= 15 is 0 Å². The highest BCUT2D eigenvalue weighted by Gasteiger charge is 2.72. The lowest BCUT2D eigenvalue weighted by Gasteiger charge is -2.35. The summed E-state index contributed by atoms with van der Waals surface area (Å²) in [7, 11) is 0. The molecule has 3 amide bonds. The molecule has 0 aromatic heterocycles. The number of carbonyl (C=O) groups excluding carboxylic acids is 3. The Morgan fingerprint density at radius 3 is 2.41 bits per heavy atom. The van der Waals surface area contributed by atoms with E-state index in [1.165, 1.54) is 6.42 Å². The van der Waals surface area contributed by atoms with E-state index in [0.29, 0.717) is 18.8 Å². The number of fused-ring (bicyclic) bond motifs is 1. The number of benzene rings is 1. The Balaban J connectivity index is 1.41. The molecule has 1 saturated carbocycles. The van der Waals surface area contributed by atoms with Crippen LogP contribution in [-0.4, -0.2) is 77.5 Å². The number of hydrogen-bond donors (Lipinski definition) is 2. The minimum absolute atomic E-state index is 0.120. The maximum atomic E-state index is 14.1. The second kappa shape index (κ2) is 12.1. The molecule has 212 valence electrons. The lowest BCUT2D eigenvalue weighted by Crippen LogP contribution is -2.57. The number of carbonyl (C=O) groups is 3. The fourth-order valence-corrected chi connectivity index (χ4v) is 7.28. The van der Waals surface area contributed by atoms with Crippen molar-refractivity contribution >= 4 is 39.3 Å². The largest absolute Gasteiger partial charge is 0.359 e. The van der Waals surface area contributed by atoms with Gasteiger partial charge in [0, 0.05) is 29.3 Å². The molecule has 39 heavy (non-hydrogen) atoms. The Bertz CT molecular complexity index is 1080. The van der Waals surface area contributed by atoms with Gasteiger partial charge in [-0.15, -0.1) is 0 Å². The number of amides is 3. The average molecular weight is 602 g/mol. The summed E-state index contributed by atoms with van der Waals surface area (Å²) >= 11 is 3.42. The Labute approximate surface area is 240 Å². The van der Waals surface area contributed by atoms with Gasteiger partial charge in [0.25, 0.3) is 0 Å². The molecule has 1 spiro atoms. The molecule has 3 fully saturated rings. The summed E-state index contributed by atoms with van der Waals surface area (Å²) in [6, 6.07) is 6.70. The highest BCUT2D eigenvalue weighted by atomic mass is 79.9. The predicted octanol–water partition coefficient (Wildman–Crippen LogP) is 4.11. The highest BCUT2D eigenvalue weighted by molar-refractivity contribution is 9.10. The van der Waals surface area contributed by atoms with Crippen molar-refractivity contribution in [3.63, 3.8) is 0 Å². The molecule has 2 saturated heterocycles. The summed E-state index contributed by atoms with van der Waals surface area (Å²) in [6.45, 7) is 7.31. The van der Waals surface area contributed by atoms with E-state index in [1.54, 1.807) is 4.90 Å². The van der Waals surface area contributed by atoms with E-state index < -0.39 is 29.6 Å². The number of likely N-dealkylation sites (tertiary alicyclic amines) is 1. The van der Waals surface area contributed by atoms with Crippen LogP contribution >= 0.6 is 15.9 Å². The number of nitrogens with one attached hydrogen (secondary N) is 2. The van der Waals surface area contributed by atoms with Gasteiger partial charge in [-0.05, 0) is 63.0 Å². The third-order valence-electron chi connectivity index (χ3n) is 8.73. The minimum Gasteiger partial charge on any atom is -0.359 e. The first-order chi connectivity index (χ1) is 18.9. The van der Waals surface area contributed by atoms with Crippen molar-refractivity contribution in [2.24, 2.45) is 11.8 Å². The van der Waals surface area contributed by atoms with Crippen LogP contribution in [-0.2, 0) is 19.1 Å². The molecule has 2 N–H and O–H groups in total. The standard InChI is InChI=1S/C30H41BrN4O4/c1-3-16-34(17-4-2)18-19-35-26(28(37)33-21-8-6-5-7-9-21)30-15-14-23(39-30)24(25(30)29(35)38)27(36)32-22-12-10-20(31)11-13-22/h10-15,21,23-26H,3-9,16-19H2,1-2H3,(H,32,36)(H,33,37)/t23-,24?,25-,26?,30?/m0/s1. The Hall–Kier alpha value is -2.23. The Morgan fingerprint density at radius 1 is 1.05 bits per heavy atom. The summed E-state index contributed by atoms with van der Waals surface area (Å²) in [5, 5.41) is 6.24. The number of anilines is 1. The topological polar surface area (TPSA) is 91.0 Å². The van der Waals surface area contributed by atoms with Crippen LogP contribution in [0, 0.1) is 11.8 Å². The van der Waals surface area contributed by atoms with Gasteiger partial charge in [-0.2, -0.15) is 0 Å². The maximum Gasteiger partial charge on any atom is 0.246 e. The third-order valence-corrected chi connectivity index (χ3v) is 9.25. The van der Waals surface area contributed by atoms with Gasteiger partial charge in [-0.25, -0.2) is 0 Å². The number of nitrogens with zero attached hydrogens (tertiary/aromatic N) is 2. The highest BCUT2D eigenvalue weighted by Crippen LogP contribution is 2.55. The van der Waals surface area contributed by atoms with Crippen LogP contribution < -0.4 is 10.6 Å². The van der Waals surface area contributed by atoms with Gasteiger partial charge in [-0.1, -0.05) is 61.2 Å². The van der Waals surface area contributed by atoms with E-state index in [1.807, 2.05) is 36.4 Å². The van der Waals surface area contributed by atoms with Gasteiger partial charge in [0.1, 0.15) is 11.6 Å². The van der Waals surface area contributed by atoms with E-state index in [4.69, 9.17) is 4.74 Å². The second-order valence-electron chi connectivity index (χ2n) is 11.4. The molecular weight excluding hydrogens is 560 g/mol. The SMILES string of the molecule is CCCN(CCC)CCN1C(=O)[C@@H]2C(C(=O)Nc3ccc(Br)cc3)[C@@H]3C=CC2(O3)C1C(=O)NC1CCCCC1. The second-order valence-corrected chi connectivity index (χ2v) is 12.3. The number of rotatable bonds is 11. The first-order valence-electron chi connectivity index (χ1n) is 14.6. The summed E-state index contributed by atoms with van der Waals surface area (Å²) in [4.78, 5) is 45.8. The van der Waals surface area contributed by atoms with Crippen molar-refractivity contribution < 1.29 is 19.1 Å². The zero-order valence-electron chi connectivity index (χ0n) is 23.0. The van der Waals surface area contributed by atoms with Gasteiger partial charge >= 0.3 is 0 Å². The van der Waals surface area contributed by atoms with Gasteiger partial charge < -0.3 is 25.2 Å². The average Bonchev–Trinajstić information content (AvgIpc) is 3.56. The van der Waals surface area contributed by atoms with Crippen LogP contribution in [0.5, 0.6) is 0 Å². The van der Waals surface area contributed by atoms with Crippen molar-refractivity contribution in [2.45, 2.75) is 82.6 Å². The lowest BCUT2D eigenvalue weighted by molar-refractivity contribution is -0.141. The number of hydrogen-bond acceptors (Lipinski definition) is 5.